The van der Waals surface area contributed by atoms with Gasteiger partial charge in [0.05, 0.1) is 16.9 Å². The largest absolute Gasteiger partial charge is 0.411 e. The third kappa shape index (κ3) is 4.25. The Labute approximate surface area is 148 Å². The fraction of sp³-hybridized carbons (Fsp3) is 0.111. The van der Waals surface area contributed by atoms with Crippen molar-refractivity contribution in [2.24, 2.45) is 0 Å². The van der Waals surface area contributed by atoms with Gasteiger partial charge >= 0.3 is 0 Å². The molecule has 1 heterocycles. The van der Waals surface area contributed by atoms with Gasteiger partial charge in [-0.15, -0.1) is 10.2 Å². The van der Waals surface area contributed by atoms with Crippen LogP contribution in [0.3, 0.4) is 0 Å². The Kier molecular flexibility index (Phi) is 5.11. The van der Waals surface area contributed by atoms with Crippen LogP contribution in [0.4, 0.5) is 5.69 Å². The summed E-state index contributed by atoms with van der Waals surface area (Å²) in [7, 11) is 0. The number of hydrogen-bond donors (Lipinski definition) is 1. The average molecular weight is 350 g/mol. The van der Waals surface area contributed by atoms with Crippen LogP contribution in [0.25, 0.3) is 11.5 Å². The lowest BCUT2D eigenvalue weighted by Gasteiger charge is -2.09. The Bertz CT molecular complexity index is 918. The number of nitrogens with zero attached hydrogens (tertiary/aromatic N) is 3. The second-order valence-electron chi connectivity index (χ2n) is 5.18. The fourth-order valence-corrected chi connectivity index (χ4v) is 2.75. The number of aromatic nitrogens is 2. The minimum atomic E-state index is -0.435. The molecule has 1 N–H and O–H groups in total. The van der Waals surface area contributed by atoms with Crippen molar-refractivity contribution in [1.82, 2.24) is 10.2 Å². The second kappa shape index (κ2) is 7.64. The van der Waals surface area contributed by atoms with Gasteiger partial charge in [0, 0.05) is 11.3 Å². The highest BCUT2D eigenvalue weighted by Gasteiger charge is 2.19. The van der Waals surface area contributed by atoms with Crippen LogP contribution in [0.5, 0.6) is 0 Å². The molecule has 3 rings (SSSR count). The summed E-state index contributed by atoms with van der Waals surface area (Å²) < 4.78 is 5.59. The summed E-state index contributed by atoms with van der Waals surface area (Å²) in [6, 6.07) is 18.2. The van der Waals surface area contributed by atoms with Gasteiger partial charge in [0.25, 0.3) is 5.22 Å². The molecule has 2 aromatic carbocycles. The first kappa shape index (κ1) is 16.7. The van der Waals surface area contributed by atoms with E-state index in [0.29, 0.717) is 22.4 Å². The minimum Gasteiger partial charge on any atom is -0.411 e. The monoisotopic (exact) mass is 350 g/mol. The molecule has 1 atom stereocenters. The van der Waals surface area contributed by atoms with E-state index in [0.717, 1.165) is 5.56 Å². The van der Waals surface area contributed by atoms with E-state index < -0.39 is 5.25 Å². The Morgan fingerprint density at radius 3 is 2.76 bits per heavy atom. The van der Waals surface area contributed by atoms with Crippen molar-refractivity contribution in [3.8, 4) is 17.5 Å². The molecule has 1 amide bonds. The maximum Gasteiger partial charge on any atom is 0.277 e. The maximum atomic E-state index is 12.3. The van der Waals surface area contributed by atoms with Crippen LogP contribution < -0.4 is 5.32 Å². The highest BCUT2D eigenvalue weighted by molar-refractivity contribution is 8.00. The van der Waals surface area contributed by atoms with E-state index in [1.54, 1.807) is 31.2 Å². The number of nitriles is 1. The van der Waals surface area contributed by atoms with Gasteiger partial charge in [-0.1, -0.05) is 36.0 Å². The van der Waals surface area contributed by atoms with Crippen molar-refractivity contribution in [2.75, 3.05) is 5.32 Å². The number of benzene rings is 2. The number of nitrogens with one attached hydrogen (secondary N) is 1. The number of hydrogen-bond acceptors (Lipinski definition) is 6. The molecule has 0 fully saturated rings. The Morgan fingerprint density at radius 1 is 1.20 bits per heavy atom. The Balaban J connectivity index is 1.64. The quantitative estimate of drug-likeness (QED) is 0.705. The fourth-order valence-electron chi connectivity index (χ4n) is 2.07. The van der Waals surface area contributed by atoms with Crippen molar-refractivity contribution < 1.29 is 9.21 Å². The summed E-state index contributed by atoms with van der Waals surface area (Å²) >= 11 is 1.18. The zero-order chi connectivity index (χ0) is 17.6. The van der Waals surface area contributed by atoms with Crippen molar-refractivity contribution in [3.05, 3.63) is 60.2 Å². The van der Waals surface area contributed by atoms with Crippen LogP contribution in [0.15, 0.2) is 64.2 Å². The molecule has 0 aliphatic rings. The van der Waals surface area contributed by atoms with Crippen LogP contribution in [0.2, 0.25) is 0 Å². The molecule has 0 radical (unpaired) electrons. The summed E-state index contributed by atoms with van der Waals surface area (Å²) in [6.45, 7) is 1.75. The van der Waals surface area contributed by atoms with Gasteiger partial charge < -0.3 is 9.73 Å². The molecule has 0 aliphatic heterocycles. The number of carbonyl (C=O) groups is 1. The summed E-state index contributed by atoms with van der Waals surface area (Å²) in [5.74, 6) is 0.206. The van der Waals surface area contributed by atoms with Crippen LogP contribution in [0, 0.1) is 11.3 Å². The summed E-state index contributed by atoms with van der Waals surface area (Å²) in [6.07, 6.45) is 0. The third-order valence-electron chi connectivity index (χ3n) is 3.33. The molecule has 25 heavy (non-hydrogen) atoms. The van der Waals surface area contributed by atoms with Crippen molar-refractivity contribution in [3.63, 3.8) is 0 Å². The third-order valence-corrected chi connectivity index (χ3v) is 4.27. The standard InChI is InChI=1S/C18H14N4O2S/c1-12(16(23)20-15-9-5-6-13(10-15)11-19)25-18-22-21-17(24-18)14-7-3-2-4-8-14/h2-10,12H,1H3,(H,20,23). The van der Waals surface area contributed by atoms with Gasteiger partial charge in [0.1, 0.15) is 0 Å². The van der Waals surface area contributed by atoms with Crippen LogP contribution in [0.1, 0.15) is 12.5 Å². The second-order valence-corrected chi connectivity index (χ2v) is 6.47. The minimum absolute atomic E-state index is 0.209. The van der Waals surface area contributed by atoms with Crippen LogP contribution in [-0.4, -0.2) is 21.4 Å². The number of rotatable bonds is 5. The lowest BCUT2D eigenvalue weighted by Crippen LogP contribution is -2.22. The van der Waals surface area contributed by atoms with Crippen molar-refractivity contribution in [1.29, 1.82) is 5.26 Å². The first-order valence-corrected chi connectivity index (χ1v) is 8.40. The van der Waals surface area contributed by atoms with Gasteiger partial charge in [-0.25, -0.2) is 0 Å². The first-order valence-electron chi connectivity index (χ1n) is 7.52. The lowest BCUT2D eigenvalue weighted by atomic mass is 10.2. The molecule has 1 aromatic heterocycles. The van der Waals surface area contributed by atoms with Crippen LogP contribution in [-0.2, 0) is 4.79 Å². The predicted molar refractivity (Wildman–Crippen MR) is 94.8 cm³/mol. The molecular weight excluding hydrogens is 336 g/mol. The lowest BCUT2D eigenvalue weighted by molar-refractivity contribution is -0.115. The van der Waals surface area contributed by atoms with E-state index in [1.165, 1.54) is 11.8 Å². The first-order chi connectivity index (χ1) is 12.2. The smallest absolute Gasteiger partial charge is 0.277 e. The number of carbonyl (C=O) groups excluding carboxylic acids is 1. The molecule has 6 nitrogen and oxygen atoms in total. The average Bonchev–Trinajstić information content (AvgIpc) is 3.11. The number of amides is 1. The highest BCUT2D eigenvalue weighted by atomic mass is 32.2. The van der Waals surface area contributed by atoms with Gasteiger partial charge in [-0.3, -0.25) is 4.79 Å². The van der Waals surface area contributed by atoms with E-state index in [9.17, 15) is 4.79 Å². The molecule has 0 aliphatic carbocycles. The summed E-state index contributed by atoms with van der Waals surface area (Å²) in [5.41, 5.74) is 1.89. The molecule has 1 unspecified atom stereocenters. The summed E-state index contributed by atoms with van der Waals surface area (Å²) in [5, 5.41) is 19.5. The van der Waals surface area contributed by atoms with Gasteiger partial charge in [0.2, 0.25) is 11.8 Å². The Hall–Kier alpha value is -3.11. The predicted octanol–water partition coefficient (Wildman–Crippen LogP) is 3.73. The maximum absolute atomic E-state index is 12.3. The number of thioether (sulfide) groups is 1. The summed E-state index contributed by atoms with van der Waals surface area (Å²) in [4.78, 5) is 12.3. The molecule has 124 valence electrons. The molecule has 0 bridgehead atoms. The zero-order valence-electron chi connectivity index (χ0n) is 13.3. The normalized spacial score (nSPS) is 11.5. The SMILES string of the molecule is CC(Sc1nnc(-c2ccccc2)o1)C(=O)Nc1cccc(C#N)c1. The topological polar surface area (TPSA) is 91.8 Å². The van der Waals surface area contributed by atoms with E-state index >= 15 is 0 Å². The molecular formula is C18H14N4O2S. The van der Waals surface area contributed by atoms with Crippen LogP contribution >= 0.6 is 11.8 Å². The number of anilines is 1. The molecule has 7 heteroatoms. The van der Waals surface area contributed by atoms with Gasteiger partial charge in [-0.2, -0.15) is 5.26 Å². The van der Waals surface area contributed by atoms with E-state index in [1.807, 2.05) is 36.4 Å². The zero-order valence-corrected chi connectivity index (χ0v) is 14.2. The Morgan fingerprint density at radius 2 is 2.00 bits per heavy atom. The van der Waals surface area contributed by atoms with Gasteiger partial charge in [-0.05, 0) is 37.3 Å². The van der Waals surface area contributed by atoms with Crippen molar-refractivity contribution >= 4 is 23.4 Å². The van der Waals surface area contributed by atoms with Crippen molar-refractivity contribution in [2.45, 2.75) is 17.4 Å². The molecule has 3 aromatic rings. The highest BCUT2D eigenvalue weighted by Crippen LogP contribution is 2.26. The van der Waals surface area contributed by atoms with Gasteiger partial charge in [0.15, 0.2) is 0 Å². The van der Waals surface area contributed by atoms with E-state index in [2.05, 4.69) is 15.5 Å². The van der Waals surface area contributed by atoms with E-state index in [-0.39, 0.29) is 5.91 Å². The molecule has 0 saturated carbocycles. The molecule has 0 spiro atoms. The van der Waals surface area contributed by atoms with E-state index in [4.69, 9.17) is 9.68 Å². The molecule has 0 saturated heterocycles.